The van der Waals surface area contributed by atoms with Crippen LogP contribution in [0.1, 0.15) is 0 Å². The van der Waals surface area contributed by atoms with E-state index in [2.05, 4.69) is 296 Å². The van der Waals surface area contributed by atoms with Crippen molar-refractivity contribution in [2.75, 3.05) is 29.4 Å². The second-order valence-electron chi connectivity index (χ2n) is 21.1. The van der Waals surface area contributed by atoms with Crippen LogP contribution in [0, 0.1) is 0 Å². The van der Waals surface area contributed by atoms with Crippen LogP contribution in [0.4, 0.5) is 102 Å². The van der Waals surface area contributed by atoms with Gasteiger partial charge in [-0.3, -0.25) is 0 Å². The summed E-state index contributed by atoms with van der Waals surface area (Å²) in [6, 6.07) is 92.1. The Morgan fingerprint density at radius 2 is 0.425 bits per heavy atom. The molecule has 0 radical (unpaired) electrons. The summed E-state index contributed by atoms with van der Waals surface area (Å²) in [4.78, 5) is 15.1. The number of para-hydroxylation sites is 6. The van der Waals surface area contributed by atoms with Crippen molar-refractivity contribution in [1.82, 2.24) is 0 Å². The van der Waals surface area contributed by atoms with E-state index >= 15 is 0 Å². The molecule has 18 rings (SSSR count). The molecule has 6 aliphatic rings. The number of rotatable bonds is 6. The predicted molar refractivity (Wildman–Crippen MR) is 346 cm³/mol. The predicted octanol–water partition coefficient (Wildman–Crippen LogP) is 17.1. The largest absolute Gasteiger partial charge is 0.309 e. The van der Waals surface area contributed by atoms with Gasteiger partial charge in [0.2, 0.25) is 0 Å². The monoisotopic (exact) mass is 1090 g/mol. The minimum Gasteiger partial charge on any atom is -0.309 e. The van der Waals surface area contributed by atoms with Gasteiger partial charge in [0.25, 0.3) is 0 Å². The summed E-state index contributed by atoms with van der Waals surface area (Å²) in [5.41, 5.74) is 19.8. The van der Waals surface area contributed by atoms with Gasteiger partial charge in [0.05, 0.1) is 80.3 Å². The van der Waals surface area contributed by atoms with Gasteiger partial charge < -0.3 is 29.4 Å². The smallest absolute Gasteiger partial charge is 0.0673 e. The molecule has 6 nitrogen and oxygen atoms in total. The van der Waals surface area contributed by atoms with E-state index in [0.29, 0.717) is 0 Å². The standard InChI is InChI=1S/C70H44N6P2S2/c79-77-65-52-35-19-39-56(65)73(48-27-11-3-12-28-48)60-43-45-44-61-70-64(62(45)63(69(60)77)75(50-31-15-5-16-32-50)58-41-21-37-54(67(58)77)71(52)46-23-7-1-8-24-46)76(51-33-17-6-18-34-51)59-42-22-38-55-68(59)78(70,80)66-53(72(55)47-25-9-2-10-26-47)36-20-40-57(66)74(61)49-29-13-4-14-30-49/h1-44H. The molecular formula is C70H44N6P2S2. The van der Waals surface area contributed by atoms with Gasteiger partial charge in [-0.1, -0.05) is 157 Å². The van der Waals surface area contributed by atoms with Crippen molar-refractivity contribution >= 4 is 181 Å². The van der Waals surface area contributed by atoms with Crippen LogP contribution in [-0.4, -0.2) is 0 Å². The van der Waals surface area contributed by atoms with Gasteiger partial charge in [0, 0.05) is 71.3 Å². The Bertz CT molecular complexity index is 4410. The Labute approximate surface area is 473 Å². The first-order chi connectivity index (χ1) is 39.5. The number of benzene rings is 12. The Hall–Kier alpha value is -9.00. The topological polar surface area (TPSA) is 19.4 Å². The van der Waals surface area contributed by atoms with Gasteiger partial charge in [-0.2, -0.15) is 0 Å². The Balaban J connectivity index is 1.08. The Morgan fingerprint density at radius 1 is 0.212 bits per heavy atom. The second-order valence-corrected chi connectivity index (χ2v) is 29.5. The zero-order valence-corrected chi connectivity index (χ0v) is 46.2. The molecule has 0 bridgehead atoms. The summed E-state index contributed by atoms with van der Waals surface area (Å²) in [5, 5.41) is 9.45. The van der Waals surface area contributed by atoms with E-state index in [1.54, 1.807) is 0 Å². The lowest BCUT2D eigenvalue weighted by Crippen LogP contribution is -2.49. The lowest BCUT2D eigenvalue weighted by Gasteiger charge is -2.54. The van der Waals surface area contributed by atoms with Crippen LogP contribution in [0.2, 0.25) is 0 Å². The molecule has 0 fully saturated rings. The van der Waals surface area contributed by atoms with E-state index in [4.69, 9.17) is 23.6 Å². The van der Waals surface area contributed by atoms with Crippen LogP contribution in [0.15, 0.2) is 267 Å². The molecule has 0 amide bonds. The number of hydrogen-bond donors (Lipinski definition) is 0. The molecule has 80 heavy (non-hydrogen) atoms. The molecule has 12 aromatic carbocycles. The highest BCUT2D eigenvalue weighted by atomic mass is 32.4. The fourth-order valence-corrected chi connectivity index (χ4v) is 24.9. The van der Waals surface area contributed by atoms with Gasteiger partial charge in [0.1, 0.15) is 0 Å². The minimum absolute atomic E-state index is 1.06. The van der Waals surface area contributed by atoms with E-state index in [9.17, 15) is 0 Å². The first-order valence-electron chi connectivity index (χ1n) is 27.1. The zero-order valence-electron chi connectivity index (χ0n) is 42.8. The van der Waals surface area contributed by atoms with E-state index < -0.39 is 12.1 Å². The van der Waals surface area contributed by atoms with Crippen molar-refractivity contribution in [3.8, 4) is 0 Å². The molecule has 6 heterocycles. The van der Waals surface area contributed by atoms with Crippen LogP contribution >= 0.6 is 12.1 Å². The summed E-state index contributed by atoms with van der Waals surface area (Å²) in [6.07, 6.45) is 0. The molecule has 10 heteroatoms. The number of nitrogens with zero attached hydrogens (tertiary/aromatic N) is 6. The second kappa shape index (κ2) is 16.3. The maximum Gasteiger partial charge on any atom is 0.0673 e. The normalized spacial score (nSPS) is 17.8. The zero-order chi connectivity index (χ0) is 52.6. The lowest BCUT2D eigenvalue weighted by molar-refractivity contribution is 1.22. The number of fused-ring (bicyclic) bond motifs is 3. The SMILES string of the molecule is S=P12c3c4cccc3N(c3ccccc3)c3cc5cc6c7c(c5c(c31)N(c1ccccc1)c1cccc(c12)N4c1ccccc1)N(c1ccccc1)c1cccc2c1P7(=S)c1c(cccc1N6c1ccccc1)N2c1ccccc1. The van der Waals surface area contributed by atoms with E-state index in [-0.39, 0.29) is 0 Å². The highest BCUT2D eigenvalue weighted by Gasteiger charge is 2.56. The van der Waals surface area contributed by atoms with Crippen molar-refractivity contribution in [2.45, 2.75) is 0 Å². The third-order valence-electron chi connectivity index (χ3n) is 17.1. The molecule has 376 valence electrons. The minimum atomic E-state index is -2.99. The van der Waals surface area contributed by atoms with Crippen LogP contribution in [0.3, 0.4) is 0 Å². The van der Waals surface area contributed by atoms with Gasteiger partial charge >= 0.3 is 0 Å². The molecular weight excluding hydrogens is 1050 g/mol. The molecule has 0 N–H and O–H groups in total. The maximum absolute atomic E-state index is 7.91. The third kappa shape index (κ3) is 5.59. The van der Waals surface area contributed by atoms with E-state index in [1.165, 1.54) is 31.8 Å². The lowest BCUT2D eigenvalue weighted by atomic mass is 9.97. The highest BCUT2D eigenvalue weighted by Crippen LogP contribution is 2.72. The average Bonchev–Trinajstić information content (AvgIpc) is 2.92. The summed E-state index contributed by atoms with van der Waals surface area (Å²) >= 11 is 15.8. The average molecular weight is 1100 g/mol. The van der Waals surface area contributed by atoms with E-state index in [0.717, 1.165) is 113 Å². The number of anilines is 18. The fraction of sp³-hybridized carbons (Fsp3) is 0. The van der Waals surface area contributed by atoms with Gasteiger partial charge in [-0.15, -0.1) is 0 Å². The van der Waals surface area contributed by atoms with Crippen molar-refractivity contribution in [3.63, 3.8) is 0 Å². The van der Waals surface area contributed by atoms with Gasteiger partial charge in [-0.05, 0) is 139 Å². The molecule has 0 spiro atoms. The van der Waals surface area contributed by atoms with E-state index in [1.807, 2.05) is 0 Å². The van der Waals surface area contributed by atoms with Crippen LogP contribution in [-0.2, 0) is 23.6 Å². The van der Waals surface area contributed by atoms with Crippen molar-refractivity contribution < 1.29 is 0 Å². The molecule has 0 saturated heterocycles. The van der Waals surface area contributed by atoms with Crippen molar-refractivity contribution in [2.24, 2.45) is 0 Å². The van der Waals surface area contributed by atoms with Crippen LogP contribution in [0.25, 0.3) is 10.8 Å². The summed E-state index contributed by atoms with van der Waals surface area (Å²) in [5.74, 6) is 0. The number of hydrogen-bond acceptors (Lipinski definition) is 8. The first kappa shape index (κ1) is 44.9. The van der Waals surface area contributed by atoms with Crippen LogP contribution in [0.5, 0.6) is 0 Å². The maximum atomic E-state index is 7.91. The van der Waals surface area contributed by atoms with Gasteiger partial charge in [0.15, 0.2) is 0 Å². The molecule has 0 aromatic heterocycles. The quantitative estimate of drug-likeness (QED) is 0.152. The Kier molecular flexibility index (Phi) is 9.15. The highest BCUT2D eigenvalue weighted by molar-refractivity contribution is 8.27. The molecule has 2 atom stereocenters. The summed E-state index contributed by atoms with van der Waals surface area (Å²) in [6.45, 7) is 0. The molecule has 0 saturated carbocycles. The summed E-state index contributed by atoms with van der Waals surface area (Å²) in [7, 11) is 0. The first-order valence-corrected chi connectivity index (χ1v) is 32.7. The van der Waals surface area contributed by atoms with Crippen LogP contribution < -0.4 is 61.2 Å². The van der Waals surface area contributed by atoms with Gasteiger partial charge in [-0.25, -0.2) is 0 Å². The summed E-state index contributed by atoms with van der Waals surface area (Å²) < 4.78 is 0. The van der Waals surface area contributed by atoms with Crippen molar-refractivity contribution in [3.05, 3.63) is 267 Å². The molecule has 12 aromatic rings. The Morgan fingerprint density at radius 3 is 0.675 bits per heavy atom. The van der Waals surface area contributed by atoms with Crippen molar-refractivity contribution in [1.29, 1.82) is 0 Å². The molecule has 6 aliphatic heterocycles. The molecule has 2 unspecified atom stereocenters. The fourth-order valence-electron chi connectivity index (χ4n) is 14.2. The third-order valence-corrected chi connectivity index (χ3v) is 26.9. The molecule has 0 aliphatic carbocycles.